The van der Waals surface area contributed by atoms with E-state index in [4.69, 9.17) is 9.66 Å². The molecule has 7 heteroatoms. The average Bonchev–Trinajstić information content (AvgIpc) is 2.47. The Morgan fingerprint density at radius 1 is 1.40 bits per heavy atom. The number of hydrogen-bond acceptors (Lipinski definition) is 5. The Balaban J connectivity index is 0.000000195. The number of benzene rings is 1. The lowest BCUT2D eigenvalue weighted by molar-refractivity contribution is 0.427. The molecular weight excluding hydrogens is 222 g/mol. The van der Waals surface area contributed by atoms with Crippen LogP contribution in [0.2, 0.25) is 0 Å². The Kier molecular flexibility index (Phi) is 3.28. The SMILES string of the molecule is CS(=O)(=O)O.Oc1ccc2conc2c1. The van der Waals surface area contributed by atoms with Crippen molar-refractivity contribution in [3.8, 4) is 5.75 Å². The summed E-state index contributed by atoms with van der Waals surface area (Å²) in [4.78, 5) is 0. The van der Waals surface area contributed by atoms with Gasteiger partial charge in [-0.1, -0.05) is 5.16 Å². The highest BCUT2D eigenvalue weighted by Gasteiger charge is 1.96. The number of phenolic OH excluding ortho intramolecular Hbond substituents is 1. The molecule has 0 atom stereocenters. The van der Waals surface area contributed by atoms with Crippen molar-refractivity contribution >= 4 is 21.0 Å². The maximum Gasteiger partial charge on any atom is 0.261 e. The maximum absolute atomic E-state index is 9.19. The summed E-state index contributed by atoms with van der Waals surface area (Å²) in [6, 6.07) is 4.90. The van der Waals surface area contributed by atoms with Crippen LogP contribution in [0.5, 0.6) is 5.75 Å². The van der Waals surface area contributed by atoms with Crippen molar-refractivity contribution < 1.29 is 22.6 Å². The molecule has 2 aromatic rings. The van der Waals surface area contributed by atoms with Gasteiger partial charge in [0, 0.05) is 11.5 Å². The molecule has 2 rings (SSSR count). The molecule has 0 aliphatic rings. The topological polar surface area (TPSA) is 101 Å². The Bertz CT molecular complexity index is 537. The lowest BCUT2D eigenvalue weighted by Crippen LogP contribution is -1.88. The van der Waals surface area contributed by atoms with Crippen LogP contribution in [0.4, 0.5) is 0 Å². The Hall–Kier alpha value is -1.60. The van der Waals surface area contributed by atoms with Crippen LogP contribution in [0.3, 0.4) is 0 Å². The van der Waals surface area contributed by atoms with Gasteiger partial charge in [-0.05, 0) is 12.1 Å². The van der Waals surface area contributed by atoms with Crippen molar-refractivity contribution in [1.82, 2.24) is 5.16 Å². The zero-order valence-electron chi connectivity index (χ0n) is 7.78. The van der Waals surface area contributed by atoms with Crippen LogP contribution in [0.15, 0.2) is 29.0 Å². The summed E-state index contributed by atoms with van der Waals surface area (Å²) < 4.78 is 30.5. The average molecular weight is 231 g/mol. The van der Waals surface area contributed by atoms with Gasteiger partial charge in [0.05, 0.1) is 6.26 Å². The third kappa shape index (κ3) is 4.43. The molecule has 6 nitrogen and oxygen atoms in total. The molecule has 15 heavy (non-hydrogen) atoms. The summed E-state index contributed by atoms with van der Waals surface area (Å²) in [6.45, 7) is 0. The Labute approximate surface area is 85.9 Å². The first kappa shape index (κ1) is 11.5. The summed E-state index contributed by atoms with van der Waals surface area (Å²) in [5.41, 5.74) is 0.681. The first-order valence-electron chi connectivity index (χ1n) is 3.82. The zero-order valence-corrected chi connectivity index (χ0v) is 8.60. The van der Waals surface area contributed by atoms with Crippen LogP contribution in [-0.2, 0) is 10.1 Å². The van der Waals surface area contributed by atoms with Gasteiger partial charge >= 0.3 is 0 Å². The standard InChI is InChI=1S/C7H5NO2.CH4O3S/c9-6-2-1-5-4-10-8-7(5)3-6;1-5(2,3)4/h1-4,9H;1H3,(H,2,3,4). The highest BCUT2D eigenvalue weighted by Crippen LogP contribution is 2.17. The second-order valence-electron chi connectivity index (χ2n) is 2.79. The number of phenols is 1. The second-order valence-corrected chi connectivity index (χ2v) is 4.26. The molecule has 0 fully saturated rings. The first-order valence-corrected chi connectivity index (χ1v) is 5.66. The van der Waals surface area contributed by atoms with Crippen molar-refractivity contribution in [3.63, 3.8) is 0 Å². The Morgan fingerprint density at radius 2 is 2.00 bits per heavy atom. The molecule has 0 radical (unpaired) electrons. The van der Waals surface area contributed by atoms with E-state index in [9.17, 15) is 8.42 Å². The smallest absolute Gasteiger partial charge is 0.261 e. The normalized spacial score (nSPS) is 10.8. The minimum Gasteiger partial charge on any atom is -0.508 e. The van der Waals surface area contributed by atoms with Gasteiger partial charge in [0.15, 0.2) is 0 Å². The predicted molar refractivity (Wildman–Crippen MR) is 53.1 cm³/mol. The van der Waals surface area contributed by atoms with Crippen molar-refractivity contribution in [2.75, 3.05) is 6.26 Å². The van der Waals surface area contributed by atoms with Gasteiger partial charge in [-0.15, -0.1) is 0 Å². The van der Waals surface area contributed by atoms with E-state index in [2.05, 4.69) is 9.68 Å². The fourth-order valence-electron chi connectivity index (χ4n) is 0.851. The minimum atomic E-state index is -3.67. The van der Waals surface area contributed by atoms with E-state index >= 15 is 0 Å². The highest BCUT2D eigenvalue weighted by atomic mass is 32.2. The van der Waals surface area contributed by atoms with E-state index in [0.717, 1.165) is 5.39 Å². The molecule has 0 aliphatic carbocycles. The van der Waals surface area contributed by atoms with Crippen LogP contribution in [0.1, 0.15) is 0 Å². The zero-order chi connectivity index (χ0) is 11.5. The molecule has 0 bridgehead atoms. The fourth-order valence-corrected chi connectivity index (χ4v) is 0.851. The molecule has 1 aromatic carbocycles. The van der Waals surface area contributed by atoms with Gasteiger partial charge in [0.1, 0.15) is 17.5 Å². The molecule has 0 unspecified atom stereocenters. The van der Waals surface area contributed by atoms with Crippen LogP contribution in [-0.4, -0.2) is 29.5 Å². The van der Waals surface area contributed by atoms with Gasteiger partial charge in [-0.25, -0.2) is 0 Å². The molecule has 1 aromatic heterocycles. The van der Waals surface area contributed by atoms with Gasteiger partial charge in [-0.3, -0.25) is 4.55 Å². The van der Waals surface area contributed by atoms with Gasteiger partial charge in [0.25, 0.3) is 10.1 Å². The minimum absolute atomic E-state index is 0.210. The molecule has 2 N–H and O–H groups in total. The molecular formula is C8H9NO5S. The first-order chi connectivity index (χ1) is 6.86. The lowest BCUT2D eigenvalue weighted by Gasteiger charge is -1.86. The van der Waals surface area contributed by atoms with Crippen molar-refractivity contribution in [2.45, 2.75) is 0 Å². The van der Waals surface area contributed by atoms with E-state index in [0.29, 0.717) is 11.8 Å². The van der Waals surface area contributed by atoms with Crippen LogP contribution in [0, 0.1) is 0 Å². The molecule has 0 saturated heterocycles. The fraction of sp³-hybridized carbons (Fsp3) is 0.125. The summed E-state index contributed by atoms with van der Waals surface area (Å²) in [6.07, 6.45) is 2.25. The molecule has 1 heterocycles. The number of fused-ring (bicyclic) bond motifs is 1. The van der Waals surface area contributed by atoms with Gasteiger partial charge in [-0.2, -0.15) is 8.42 Å². The highest BCUT2D eigenvalue weighted by molar-refractivity contribution is 7.85. The van der Waals surface area contributed by atoms with Crippen molar-refractivity contribution in [1.29, 1.82) is 0 Å². The molecule has 0 amide bonds. The number of nitrogens with zero attached hydrogens (tertiary/aromatic N) is 1. The summed E-state index contributed by atoms with van der Waals surface area (Å²) in [5.74, 6) is 0.210. The number of aromatic hydroxyl groups is 1. The largest absolute Gasteiger partial charge is 0.508 e. The molecule has 0 spiro atoms. The van der Waals surface area contributed by atoms with Gasteiger partial charge < -0.3 is 9.63 Å². The third-order valence-electron chi connectivity index (χ3n) is 1.34. The predicted octanol–water partition coefficient (Wildman–Crippen LogP) is 1.04. The molecule has 82 valence electrons. The Morgan fingerprint density at radius 3 is 2.60 bits per heavy atom. The quantitative estimate of drug-likeness (QED) is 0.657. The van der Waals surface area contributed by atoms with E-state index in [1.165, 1.54) is 6.26 Å². The second kappa shape index (κ2) is 4.28. The van der Waals surface area contributed by atoms with Crippen molar-refractivity contribution in [3.05, 3.63) is 24.5 Å². The van der Waals surface area contributed by atoms with E-state index < -0.39 is 10.1 Å². The van der Waals surface area contributed by atoms with Gasteiger partial charge in [0.2, 0.25) is 0 Å². The number of hydrogen-bond donors (Lipinski definition) is 2. The summed E-state index contributed by atoms with van der Waals surface area (Å²) >= 11 is 0. The van der Waals surface area contributed by atoms with E-state index in [1.807, 2.05) is 0 Å². The number of rotatable bonds is 0. The summed E-state index contributed by atoms with van der Waals surface area (Å²) in [7, 11) is -3.67. The van der Waals surface area contributed by atoms with Crippen LogP contribution in [0.25, 0.3) is 10.9 Å². The maximum atomic E-state index is 9.19. The molecule has 0 aliphatic heterocycles. The lowest BCUT2D eigenvalue weighted by atomic mass is 10.2. The monoisotopic (exact) mass is 231 g/mol. The third-order valence-corrected chi connectivity index (χ3v) is 1.34. The van der Waals surface area contributed by atoms with E-state index in [1.54, 1.807) is 18.2 Å². The van der Waals surface area contributed by atoms with E-state index in [-0.39, 0.29) is 5.75 Å². The van der Waals surface area contributed by atoms with Crippen molar-refractivity contribution in [2.24, 2.45) is 0 Å². The summed E-state index contributed by atoms with van der Waals surface area (Å²) in [5, 5.41) is 13.5. The van der Waals surface area contributed by atoms with Crippen LogP contribution < -0.4 is 0 Å². The van der Waals surface area contributed by atoms with Crippen LogP contribution >= 0.6 is 0 Å². The number of aromatic nitrogens is 1. The molecule has 0 saturated carbocycles.